The van der Waals surface area contributed by atoms with Crippen molar-refractivity contribution in [3.63, 3.8) is 0 Å². The van der Waals surface area contributed by atoms with Gasteiger partial charge in [-0.3, -0.25) is 4.79 Å². The minimum absolute atomic E-state index is 0.0867. The standard InChI is InChI=1S/C20H20N2O3S2/c1-27(24,25)18-12-5-2-8-14(18)20(23)22-13-7-6-10-16(22)19-21-15-9-3-4-11-17(15)26-19/h2-5,8-9,11-12,16H,6-7,10,13H2,1H3. The molecule has 4 rings (SSSR count). The Bertz CT molecular complexity index is 1070. The van der Waals surface area contributed by atoms with E-state index in [1.54, 1.807) is 34.4 Å². The Kier molecular flexibility index (Phi) is 4.74. The van der Waals surface area contributed by atoms with Crippen molar-refractivity contribution in [2.75, 3.05) is 12.8 Å². The molecule has 1 amide bonds. The lowest BCUT2D eigenvalue weighted by atomic mass is 10.0. The van der Waals surface area contributed by atoms with Gasteiger partial charge in [-0.1, -0.05) is 24.3 Å². The first kappa shape index (κ1) is 18.1. The second kappa shape index (κ2) is 7.05. The Labute approximate surface area is 162 Å². The summed E-state index contributed by atoms with van der Waals surface area (Å²) in [6, 6.07) is 14.3. The third kappa shape index (κ3) is 3.49. The summed E-state index contributed by atoms with van der Waals surface area (Å²) in [5.74, 6) is -0.236. The van der Waals surface area contributed by atoms with Crippen LogP contribution >= 0.6 is 11.3 Å². The lowest BCUT2D eigenvalue weighted by molar-refractivity contribution is 0.0607. The maximum atomic E-state index is 13.3. The summed E-state index contributed by atoms with van der Waals surface area (Å²) in [5, 5.41) is 0.918. The Hall–Kier alpha value is -2.25. The maximum Gasteiger partial charge on any atom is 0.255 e. The van der Waals surface area contributed by atoms with Crippen molar-refractivity contribution in [2.24, 2.45) is 0 Å². The molecule has 0 bridgehead atoms. The van der Waals surface area contributed by atoms with E-state index in [1.165, 1.54) is 6.07 Å². The summed E-state index contributed by atoms with van der Waals surface area (Å²) in [6.45, 7) is 0.609. The quantitative estimate of drug-likeness (QED) is 0.665. The SMILES string of the molecule is CS(=O)(=O)c1ccccc1C(=O)N1CCCCC1c1nc2ccccc2s1. The molecule has 27 heavy (non-hydrogen) atoms. The van der Waals surface area contributed by atoms with Crippen LogP contribution < -0.4 is 0 Å². The molecular formula is C20H20N2O3S2. The molecule has 0 spiro atoms. The smallest absolute Gasteiger partial charge is 0.255 e. The van der Waals surface area contributed by atoms with Crippen LogP contribution in [0.25, 0.3) is 10.2 Å². The molecule has 1 atom stereocenters. The first-order chi connectivity index (χ1) is 12.9. The van der Waals surface area contributed by atoms with Crippen LogP contribution in [0, 0.1) is 0 Å². The molecule has 0 radical (unpaired) electrons. The lowest BCUT2D eigenvalue weighted by Crippen LogP contribution is -2.39. The minimum atomic E-state index is -3.48. The molecule has 140 valence electrons. The lowest BCUT2D eigenvalue weighted by Gasteiger charge is -2.35. The minimum Gasteiger partial charge on any atom is -0.329 e. The van der Waals surface area contributed by atoms with E-state index in [0.717, 1.165) is 40.7 Å². The van der Waals surface area contributed by atoms with Crippen molar-refractivity contribution >= 4 is 37.3 Å². The fourth-order valence-electron chi connectivity index (χ4n) is 3.59. The molecule has 2 aromatic carbocycles. The number of amides is 1. The second-order valence-corrected chi connectivity index (χ2v) is 9.84. The van der Waals surface area contributed by atoms with E-state index in [9.17, 15) is 13.2 Å². The van der Waals surface area contributed by atoms with Gasteiger partial charge < -0.3 is 4.90 Å². The molecule has 2 heterocycles. The van der Waals surface area contributed by atoms with Crippen LogP contribution in [0.1, 0.15) is 40.7 Å². The largest absolute Gasteiger partial charge is 0.329 e. The number of piperidine rings is 1. The van der Waals surface area contributed by atoms with Crippen molar-refractivity contribution < 1.29 is 13.2 Å². The van der Waals surface area contributed by atoms with Crippen LogP contribution in [-0.4, -0.2) is 37.0 Å². The highest BCUT2D eigenvalue weighted by Crippen LogP contribution is 2.36. The average Bonchev–Trinajstić information content (AvgIpc) is 3.11. The van der Waals surface area contributed by atoms with Crippen molar-refractivity contribution in [1.29, 1.82) is 0 Å². The number of likely N-dealkylation sites (tertiary alicyclic amines) is 1. The van der Waals surface area contributed by atoms with Gasteiger partial charge in [-0.15, -0.1) is 11.3 Å². The summed E-state index contributed by atoms with van der Waals surface area (Å²) in [4.78, 5) is 19.9. The number of hydrogen-bond acceptors (Lipinski definition) is 5. The zero-order valence-electron chi connectivity index (χ0n) is 15.0. The van der Waals surface area contributed by atoms with E-state index in [-0.39, 0.29) is 22.4 Å². The van der Waals surface area contributed by atoms with Crippen molar-refractivity contribution in [3.05, 3.63) is 59.1 Å². The van der Waals surface area contributed by atoms with Crippen molar-refractivity contribution in [2.45, 2.75) is 30.2 Å². The van der Waals surface area contributed by atoms with Gasteiger partial charge >= 0.3 is 0 Å². The molecule has 7 heteroatoms. The van der Waals surface area contributed by atoms with E-state index in [1.807, 2.05) is 24.3 Å². The molecule has 1 aliphatic heterocycles. The van der Waals surface area contributed by atoms with E-state index < -0.39 is 9.84 Å². The van der Waals surface area contributed by atoms with Crippen LogP contribution in [0.3, 0.4) is 0 Å². The van der Waals surface area contributed by atoms with Crippen LogP contribution in [-0.2, 0) is 9.84 Å². The Morgan fingerprint density at radius 2 is 1.85 bits per heavy atom. The number of thiazole rings is 1. The number of hydrogen-bond donors (Lipinski definition) is 0. The van der Waals surface area contributed by atoms with Gasteiger partial charge in [-0.25, -0.2) is 13.4 Å². The van der Waals surface area contributed by atoms with Crippen LogP contribution in [0.15, 0.2) is 53.4 Å². The van der Waals surface area contributed by atoms with Gasteiger partial charge in [0.2, 0.25) is 0 Å². The molecule has 0 N–H and O–H groups in total. The number of rotatable bonds is 3. The number of carbonyl (C=O) groups is 1. The highest BCUT2D eigenvalue weighted by molar-refractivity contribution is 7.90. The number of nitrogens with zero attached hydrogens (tertiary/aromatic N) is 2. The van der Waals surface area contributed by atoms with Gasteiger partial charge in [0.15, 0.2) is 9.84 Å². The number of carbonyl (C=O) groups excluding carboxylic acids is 1. The first-order valence-electron chi connectivity index (χ1n) is 8.90. The summed E-state index contributed by atoms with van der Waals surface area (Å²) < 4.78 is 25.4. The van der Waals surface area contributed by atoms with E-state index in [4.69, 9.17) is 4.98 Å². The van der Waals surface area contributed by atoms with Crippen molar-refractivity contribution in [1.82, 2.24) is 9.88 Å². The van der Waals surface area contributed by atoms with Gasteiger partial charge in [0.05, 0.1) is 26.7 Å². The number of aromatic nitrogens is 1. The normalized spacial score (nSPS) is 18.0. The highest BCUT2D eigenvalue weighted by Gasteiger charge is 2.32. The Balaban J connectivity index is 1.74. The highest BCUT2D eigenvalue weighted by atomic mass is 32.2. The number of para-hydroxylation sites is 1. The zero-order chi connectivity index (χ0) is 19.0. The fourth-order valence-corrected chi connectivity index (χ4v) is 5.58. The maximum absolute atomic E-state index is 13.3. The molecule has 1 aromatic heterocycles. The summed E-state index contributed by atoms with van der Waals surface area (Å²) >= 11 is 1.61. The number of fused-ring (bicyclic) bond motifs is 1. The third-order valence-corrected chi connectivity index (χ3v) is 7.17. The first-order valence-corrected chi connectivity index (χ1v) is 11.6. The van der Waals surface area contributed by atoms with Gasteiger partial charge in [-0.05, 0) is 43.5 Å². The third-order valence-electron chi connectivity index (χ3n) is 4.88. The molecule has 1 unspecified atom stereocenters. The van der Waals surface area contributed by atoms with Crippen LogP contribution in [0.4, 0.5) is 0 Å². The Morgan fingerprint density at radius 3 is 2.63 bits per heavy atom. The molecule has 5 nitrogen and oxygen atoms in total. The second-order valence-electron chi connectivity index (χ2n) is 6.80. The topological polar surface area (TPSA) is 67.3 Å². The number of sulfone groups is 1. The van der Waals surface area contributed by atoms with Crippen LogP contribution in [0.2, 0.25) is 0 Å². The van der Waals surface area contributed by atoms with E-state index >= 15 is 0 Å². The summed E-state index contributed by atoms with van der Waals surface area (Å²) in [7, 11) is -3.48. The molecule has 1 aliphatic rings. The van der Waals surface area contributed by atoms with Gasteiger partial charge in [0.1, 0.15) is 5.01 Å². The van der Waals surface area contributed by atoms with Crippen LogP contribution in [0.5, 0.6) is 0 Å². The average molecular weight is 401 g/mol. The predicted molar refractivity (Wildman–Crippen MR) is 107 cm³/mol. The fraction of sp³-hybridized carbons (Fsp3) is 0.300. The molecule has 1 saturated heterocycles. The monoisotopic (exact) mass is 400 g/mol. The summed E-state index contributed by atoms with van der Waals surface area (Å²) in [5.41, 5.74) is 1.18. The number of benzene rings is 2. The predicted octanol–water partition coefficient (Wildman–Crippen LogP) is 4.07. The summed E-state index contributed by atoms with van der Waals surface area (Å²) in [6.07, 6.45) is 3.92. The van der Waals surface area contributed by atoms with Crippen molar-refractivity contribution in [3.8, 4) is 0 Å². The molecular weight excluding hydrogens is 380 g/mol. The van der Waals surface area contributed by atoms with E-state index in [2.05, 4.69) is 0 Å². The molecule has 0 aliphatic carbocycles. The molecule has 1 fully saturated rings. The van der Waals surface area contributed by atoms with Gasteiger partial charge in [0, 0.05) is 12.8 Å². The molecule has 0 saturated carbocycles. The molecule has 3 aromatic rings. The zero-order valence-corrected chi connectivity index (χ0v) is 16.6. The van der Waals surface area contributed by atoms with Gasteiger partial charge in [-0.2, -0.15) is 0 Å². The van der Waals surface area contributed by atoms with Gasteiger partial charge in [0.25, 0.3) is 5.91 Å². The van der Waals surface area contributed by atoms with E-state index in [0.29, 0.717) is 6.54 Å². The Morgan fingerprint density at radius 1 is 1.11 bits per heavy atom.